The third kappa shape index (κ3) is 2.22. The summed E-state index contributed by atoms with van der Waals surface area (Å²) in [4.78, 5) is 11.5. The van der Waals surface area contributed by atoms with E-state index in [1.54, 1.807) is 36.3 Å². The van der Waals surface area contributed by atoms with Gasteiger partial charge in [0.25, 0.3) is 0 Å². The minimum Gasteiger partial charge on any atom is -0.311 e. The predicted molar refractivity (Wildman–Crippen MR) is 54.1 cm³/mol. The van der Waals surface area contributed by atoms with E-state index in [2.05, 4.69) is 20.6 Å². The zero-order chi connectivity index (χ0) is 10.7. The Labute approximate surface area is 86.3 Å². The zero-order valence-corrected chi connectivity index (χ0v) is 8.27. The van der Waals surface area contributed by atoms with Crippen LogP contribution in [0.1, 0.15) is 5.69 Å². The zero-order valence-electron chi connectivity index (χ0n) is 8.27. The molecule has 0 fully saturated rings. The van der Waals surface area contributed by atoms with Gasteiger partial charge in [-0.2, -0.15) is 10.2 Å². The first-order valence-electron chi connectivity index (χ1n) is 4.52. The fourth-order valence-electron chi connectivity index (χ4n) is 1.24. The highest BCUT2D eigenvalue weighted by Crippen LogP contribution is 2.04. The third-order valence-electron chi connectivity index (χ3n) is 2.00. The summed E-state index contributed by atoms with van der Waals surface area (Å²) in [5.41, 5.74) is 0.787. The van der Waals surface area contributed by atoms with Crippen molar-refractivity contribution >= 4 is 11.7 Å². The molecule has 2 aromatic rings. The number of H-pyrrole nitrogens is 1. The summed E-state index contributed by atoms with van der Waals surface area (Å²) in [7, 11) is 1.77. The van der Waals surface area contributed by atoms with Crippen molar-refractivity contribution in [1.82, 2.24) is 20.0 Å². The van der Waals surface area contributed by atoms with E-state index < -0.39 is 0 Å². The first-order valence-corrected chi connectivity index (χ1v) is 4.52. The average Bonchev–Trinajstić information content (AvgIpc) is 2.79. The van der Waals surface area contributed by atoms with Crippen LogP contribution in [0.3, 0.4) is 0 Å². The quantitative estimate of drug-likeness (QED) is 0.757. The van der Waals surface area contributed by atoms with Crippen LogP contribution in [-0.2, 0) is 18.3 Å². The van der Waals surface area contributed by atoms with Crippen LogP contribution in [0.4, 0.5) is 5.82 Å². The highest BCUT2D eigenvalue weighted by atomic mass is 16.1. The molecule has 0 aliphatic rings. The van der Waals surface area contributed by atoms with Gasteiger partial charge in [0.05, 0.1) is 12.6 Å². The number of hydrogen-bond acceptors (Lipinski definition) is 3. The van der Waals surface area contributed by atoms with Crippen molar-refractivity contribution in [2.24, 2.45) is 7.05 Å². The second kappa shape index (κ2) is 3.95. The summed E-state index contributed by atoms with van der Waals surface area (Å²) < 4.78 is 1.60. The van der Waals surface area contributed by atoms with E-state index in [9.17, 15) is 4.79 Å². The molecular formula is C9H11N5O. The maximum Gasteiger partial charge on any atom is 0.231 e. The van der Waals surface area contributed by atoms with E-state index in [1.807, 2.05) is 0 Å². The van der Waals surface area contributed by atoms with Crippen molar-refractivity contribution in [3.05, 3.63) is 30.2 Å². The van der Waals surface area contributed by atoms with Crippen LogP contribution in [-0.4, -0.2) is 25.9 Å². The topological polar surface area (TPSA) is 75.6 Å². The lowest BCUT2D eigenvalue weighted by Gasteiger charge is -2.03. The van der Waals surface area contributed by atoms with E-state index in [4.69, 9.17) is 0 Å². The molecular weight excluding hydrogens is 194 g/mol. The van der Waals surface area contributed by atoms with E-state index in [0.29, 0.717) is 5.82 Å². The SMILES string of the molecule is Cn1nccc1NC(=O)Cc1ccn[nH]1. The molecule has 0 aromatic carbocycles. The lowest BCUT2D eigenvalue weighted by atomic mass is 10.3. The molecule has 6 heteroatoms. The molecule has 1 amide bonds. The fraction of sp³-hybridized carbons (Fsp3) is 0.222. The van der Waals surface area contributed by atoms with Crippen LogP contribution < -0.4 is 5.32 Å². The molecule has 2 aromatic heterocycles. The number of nitrogens with one attached hydrogen (secondary N) is 2. The Kier molecular flexibility index (Phi) is 2.49. The van der Waals surface area contributed by atoms with E-state index in [0.717, 1.165) is 5.69 Å². The summed E-state index contributed by atoms with van der Waals surface area (Å²) in [5, 5.41) is 13.2. The normalized spacial score (nSPS) is 10.2. The third-order valence-corrected chi connectivity index (χ3v) is 2.00. The van der Waals surface area contributed by atoms with Gasteiger partial charge in [0.2, 0.25) is 5.91 Å². The minimum absolute atomic E-state index is 0.0946. The van der Waals surface area contributed by atoms with Gasteiger partial charge in [-0.15, -0.1) is 0 Å². The highest BCUT2D eigenvalue weighted by molar-refractivity contribution is 5.91. The van der Waals surface area contributed by atoms with Crippen LogP contribution in [0.15, 0.2) is 24.5 Å². The standard InChI is InChI=1S/C9H11N5O/c1-14-8(3-5-11-14)12-9(15)6-7-2-4-10-13-7/h2-5H,6H2,1H3,(H,10,13)(H,12,15). The highest BCUT2D eigenvalue weighted by Gasteiger charge is 2.06. The Morgan fingerprint density at radius 2 is 2.40 bits per heavy atom. The molecule has 6 nitrogen and oxygen atoms in total. The monoisotopic (exact) mass is 205 g/mol. The maximum absolute atomic E-state index is 11.5. The van der Waals surface area contributed by atoms with Crippen molar-refractivity contribution in [2.45, 2.75) is 6.42 Å². The Morgan fingerprint density at radius 3 is 3.00 bits per heavy atom. The summed E-state index contributed by atoms with van der Waals surface area (Å²) in [6, 6.07) is 3.51. The summed E-state index contributed by atoms with van der Waals surface area (Å²) in [5.74, 6) is 0.586. The Morgan fingerprint density at radius 1 is 1.53 bits per heavy atom. The molecule has 2 N–H and O–H groups in total. The molecule has 0 spiro atoms. The van der Waals surface area contributed by atoms with Gasteiger partial charge in [-0.3, -0.25) is 14.6 Å². The van der Waals surface area contributed by atoms with Gasteiger partial charge in [0.15, 0.2) is 0 Å². The van der Waals surface area contributed by atoms with Crippen molar-refractivity contribution in [3.8, 4) is 0 Å². The van der Waals surface area contributed by atoms with Gasteiger partial charge in [0, 0.05) is 25.0 Å². The molecule has 0 saturated carbocycles. The van der Waals surface area contributed by atoms with Crippen LogP contribution in [0.2, 0.25) is 0 Å². The largest absolute Gasteiger partial charge is 0.311 e. The van der Waals surface area contributed by atoms with Crippen molar-refractivity contribution in [3.63, 3.8) is 0 Å². The lowest BCUT2D eigenvalue weighted by molar-refractivity contribution is -0.115. The number of nitrogens with zero attached hydrogens (tertiary/aromatic N) is 3. The maximum atomic E-state index is 11.5. The second-order valence-electron chi connectivity index (χ2n) is 3.15. The molecule has 2 heterocycles. The summed E-state index contributed by atoms with van der Waals surface area (Å²) in [6.45, 7) is 0. The van der Waals surface area contributed by atoms with Crippen LogP contribution >= 0.6 is 0 Å². The number of rotatable bonds is 3. The minimum atomic E-state index is -0.0946. The van der Waals surface area contributed by atoms with Crippen LogP contribution in [0, 0.1) is 0 Å². The van der Waals surface area contributed by atoms with Gasteiger partial charge >= 0.3 is 0 Å². The van der Waals surface area contributed by atoms with E-state index >= 15 is 0 Å². The lowest BCUT2D eigenvalue weighted by Crippen LogP contribution is -2.16. The van der Waals surface area contributed by atoms with Crippen molar-refractivity contribution in [2.75, 3.05) is 5.32 Å². The molecule has 78 valence electrons. The van der Waals surface area contributed by atoms with Crippen LogP contribution in [0.5, 0.6) is 0 Å². The molecule has 0 radical (unpaired) electrons. The summed E-state index contributed by atoms with van der Waals surface area (Å²) >= 11 is 0. The number of carbonyl (C=O) groups is 1. The number of aryl methyl sites for hydroxylation is 1. The molecule has 0 atom stereocenters. The molecule has 15 heavy (non-hydrogen) atoms. The van der Waals surface area contributed by atoms with Gasteiger partial charge < -0.3 is 5.32 Å². The van der Waals surface area contributed by atoms with Gasteiger partial charge in [-0.25, -0.2) is 0 Å². The molecule has 0 aliphatic carbocycles. The fourth-order valence-corrected chi connectivity index (χ4v) is 1.24. The van der Waals surface area contributed by atoms with Gasteiger partial charge in [-0.1, -0.05) is 0 Å². The first kappa shape index (κ1) is 9.45. The van der Waals surface area contributed by atoms with Gasteiger partial charge in [-0.05, 0) is 6.07 Å². The number of aromatic amines is 1. The Hall–Kier alpha value is -2.11. The molecule has 0 unspecified atom stereocenters. The number of amides is 1. The van der Waals surface area contributed by atoms with Crippen LogP contribution in [0.25, 0.3) is 0 Å². The number of carbonyl (C=O) groups excluding carboxylic acids is 1. The first-order chi connectivity index (χ1) is 7.25. The van der Waals surface area contributed by atoms with Crippen molar-refractivity contribution in [1.29, 1.82) is 0 Å². The van der Waals surface area contributed by atoms with Crippen molar-refractivity contribution < 1.29 is 4.79 Å². The molecule has 0 saturated heterocycles. The Bertz CT molecular complexity index is 445. The average molecular weight is 205 g/mol. The smallest absolute Gasteiger partial charge is 0.231 e. The predicted octanol–water partition coefficient (Wildman–Crippen LogP) is 0.324. The van der Waals surface area contributed by atoms with E-state index in [-0.39, 0.29) is 12.3 Å². The number of anilines is 1. The number of aromatic nitrogens is 4. The number of hydrogen-bond donors (Lipinski definition) is 2. The molecule has 0 aliphatic heterocycles. The second-order valence-corrected chi connectivity index (χ2v) is 3.15. The Balaban J connectivity index is 1.96. The summed E-state index contributed by atoms with van der Waals surface area (Å²) in [6.07, 6.45) is 3.53. The molecule has 2 rings (SSSR count). The van der Waals surface area contributed by atoms with Gasteiger partial charge in [0.1, 0.15) is 5.82 Å². The molecule has 0 bridgehead atoms. The van der Waals surface area contributed by atoms with E-state index in [1.165, 1.54) is 0 Å².